The number of nitrogens with zero attached hydrogens (tertiary/aromatic N) is 1. The molecule has 1 atom stereocenters. The fraction of sp³-hybridized carbons (Fsp3) is 0.462. The smallest absolute Gasteiger partial charge is 0.411 e. The molecule has 0 saturated carbocycles. The lowest BCUT2D eigenvalue weighted by atomic mass is 10.1. The Morgan fingerprint density at radius 2 is 1.48 bits per heavy atom. The maximum Gasteiger partial charge on any atom is 0.411 e. The van der Waals surface area contributed by atoms with Gasteiger partial charge in [-0.1, -0.05) is 51.0 Å². The van der Waals surface area contributed by atoms with Gasteiger partial charge in [-0.15, -0.1) is 0 Å². The summed E-state index contributed by atoms with van der Waals surface area (Å²) < 4.78 is 5.29. The molecule has 0 aliphatic carbocycles. The number of carbonyl (C=O) groups is 7. The quantitative estimate of drug-likeness (QED) is 0.0651. The van der Waals surface area contributed by atoms with Crippen molar-refractivity contribution in [3.05, 3.63) is 71.8 Å². The number of primary amides is 1. The molecule has 0 aliphatic rings. The molecule has 0 spiro atoms. The molecule has 7 N–H and O–H groups in total. The van der Waals surface area contributed by atoms with Crippen LogP contribution in [0.3, 0.4) is 0 Å². The number of nitrogens with one attached hydrogen (secondary N) is 5. The van der Waals surface area contributed by atoms with Gasteiger partial charge in [0.2, 0.25) is 24.1 Å². The maximum absolute atomic E-state index is 13.0. The molecule has 2 aromatic rings. The number of benzene rings is 2. The van der Waals surface area contributed by atoms with Gasteiger partial charge in [-0.2, -0.15) is 0 Å². The summed E-state index contributed by atoms with van der Waals surface area (Å²) in [6.07, 6.45) is 8.51. The fourth-order valence-electron chi connectivity index (χ4n) is 4.18. The molecule has 54 heavy (non-hydrogen) atoms. The van der Waals surface area contributed by atoms with Gasteiger partial charge >= 0.3 is 6.09 Å². The van der Waals surface area contributed by atoms with Crippen LogP contribution in [0.4, 0.5) is 16.2 Å². The average molecular weight is 756 g/mol. The Bertz CT molecular complexity index is 1380. The second-order valence-corrected chi connectivity index (χ2v) is 12.0. The van der Waals surface area contributed by atoms with E-state index >= 15 is 0 Å². The van der Waals surface area contributed by atoms with Crippen molar-refractivity contribution in [2.75, 3.05) is 51.4 Å². The van der Waals surface area contributed by atoms with Crippen LogP contribution in [0.2, 0.25) is 0 Å². The van der Waals surface area contributed by atoms with E-state index in [4.69, 9.17) is 9.53 Å². The lowest BCUT2D eigenvalue weighted by Crippen LogP contribution is -2.47. The first kappa shape index (κ1) is 50.7. The van der Waals surface area contributed by atoms with E-state index in [0.717, 1.165) is 49.1 Å². The molecule has 15 nitrogen and oxygen atoms in total. The summed E-state index contributed by atoms with van der Waals surface area (Å²) in [6.45, 7) is 7.74. The highest BCUT2D eigenvalue weighted by atomic mass is 16.5. The molecule has 0 saturated heterocycles. The van der Waals surface area contributed by atoms with Gasteiger partial charge in [0.1, 0.15) is 25.2 Å². The Hall–Kier alpha value is -5.41. The third-order valence-electron chi connectivity index (χ3n) is 6.65. The summed E-state index contributed by atoms with van der Waals surface area (Å²) in [5.41, 5.74) is 7.14. The molecule has 1 unspecified atom stereocenters. The number of hydrogen-bond acceptors (Lipinski definition) is 10. The van der Waals surface area contributed by atoms with E-state index in [1.165, 1.54) is 6.42 Å². The van der Waals surface area contributed by atoms with E-state index in [0.29, 0.717) is 49.8 Å². The van der Waals surface area contributed by atoms with Crippen LogP contribution >= 0.6 is 0 Å². The van der Waals surface area contributed by atoms with Gasteiger partial charge in [-0.05, 0) is 114 Å². The molecular weight excluding hydrogens is 694 g/mol. The average Bonchev–Trinajstić information content (AvgIpc) is 3.13. The number of rotatable bonds is 20. The topological polar surface area (TPSA) is 218 Å². The molecular formula is C39H61N7O8. The number of aryl methyl sites for hydroxylation is 1. The zero-order chi connectivity index (χ0) is 41.0. The van der Waals surface area contributed by atoms with Gasteiger partial charge in [0.25, 0.3) is 0 Å². The van der Waals surface area contributed by atoms with Crippen LogP contribution in [0.15, 0.2) is 60.7 Å². The van der Waals surface area contributed by atoms with Crippen LogP contribution in [0.25, 0.3) is 0 Å². The summed E-state index contributed by atoms with van der Waals surface area (Å²) in [5.74, 6) is -0.951. The van der Waals surface area contributed by atoms with Crippen molar-refractivity contribution in [3.63, 3.8) is 0 Å². The normalized spacial score (nSPS) is 10.4. The second kappa shape index (κ2) is 34.7. The highest BCUT2D eigenvalue weighted by Crippen LogP contribution is 2.14. The third-order valence-corrected chi connectivity index (χ3v) is 6.65. The van der Waals surface area contributed by atoms with Crippen molar-refractivity contribution in [1.82, 2.24) is 20.9 Å². The van der Waals surface area contributed by atoms with Gasteiger partial charge in [0.05, 0.1) is 6.54 Å². The highest BCUT2D eigenvalue weighted by molar-refractivity contribution is 5.97. The fourth-order valence-corrected chi connectivity index (χ4v) is 4.18. The SMILES string of the molecule is CCC.CNCCCC(NC(=O)CNC(=O)CCCCCN(C)C)C(=O)Nc1ccc(COC(=O)Nc2cccc(C)c2)cc1.NC=O.O=C/C=C\C=O. The lowest BCUT2D eigenvalue weighted by Gasteiger charge is -2.19. The summed E-state index contributed by atoms with van der Waals surface area (Å²) in [6, 6.07) is 13.6. The number of unbranched alkanes of at least 4 members (excludes halogenated alkanes) is 2. The van der Waals surface area contributed by atoms with Gasteiger partial charge in [-0.3, -0.25) is 34.1 Å². The Kier molecular flexibility index (Phi) is 32.5. The van der Waals surface area contributed by atoms with E-state index in [2.05, 4.69) is 51.1 Å². The van der Waals surface area contributed by atoms with Crippen molar-refractivity contribution >= 4 is 54.2 Å². The predicted octanol–water partition coefficient (Wildman–Crippen LogP) is 3.86. The number of amides is 5. The minimum absolute atomic E-state index is 0.0659. The minimum atomic E-state index is -0.762. The summed E-state index contributed by atoms with van der Waals surface area (Å²) in [4.78, 5) is 79.1. The molecule has 15 heteroatoms. The minimum Gasteiger partial charge on any atom is -0.444 e. The molecule has 0 fully saturated rings. The second-order valence-electron chi connectivity index (χ2n) is 12.0. The highest BCUT2D eigenvalue weighted by Gasteiger charge is 2.21. The molecule has 0 aliphatic heterocycles. The molecule has 2 aromatic carbocycles. The number of carbonyl (C=O) groups excluding carboxylic acids is 7. The van der Waals surface area contributed by atoms with E-state index in [9.17, 15) is 28.8 Å². The number of hydrogen-bond donors (Lipinski definition) is 6. The van der Waals surface area contributed by atoms with E-state index in [-0.39, 0.29) is 31.4 Å². The van der Waals surface area contributed by atoms with Crippen molar-refractivity contribution in [2.45, 2.75) is 78.4 Å². The lowest BCUT2D eigenvalue weighted by molar-refractivity contribution is -0.128. The first-order valence-electron chi connectivity index (χ1n) is 17.9. The van der Waals surface area contributed by atoms with Crippen LogP contribution in [0.5, 0.6) is 0 Å². The van der Waals surface area contributed by atoms with Crippen LogP contribution in [-0.4, -0.2) is 94.5 Å². The monoisotopic (exact) mass is 755 g/mol. The number of anilines is 2. The zero-order valence-corrected chi connectivity index (χ0v) is 32.7. The molecule has 0 heterocycles. The predicted molar refractivity (Wildman–Crippen MR) is 213 cm³/mol. The summed E-state index contributed by atoms with van der Waals surface area (Å²) >= 11 is 0. The molecule has 300 valence electrons. The van der Waals surface area contributed by atoms with Crippen LogP contribution in [0, 0.1) is 6.92 Å². The molecule has 0 bridgehead atoms. The number of nitrogens with two attached hydrogens (primary N) is 1. The Morgan fingerprint density at radius 1 is 0.852 bits per heavy atom. The molecule has 0 radical (unpaired) electrons. The van der Waals surface area contributed by atoms with Crippen LogP contribution in [0.1, 0.15) is 69.9 Å². The van der Waals surface area contributed by atoms with E-state index < -0.39 is 18.0 Å². The van der Waals surface area contributed by atoms with Gasteiger partial charge in [0.15, 0.2) is 0 Å². The number of aldehydes is 2. The van der Waals surface area contributed by atoms with Crippen molar-refractivity contribution in [1.29, 1.82) is 0 Å². The maximum atomic E-state index is 13.0. The van der Waals surface area contributed by atoms with Gasteiger partial charge in [0, 0.05) is 17.8 Å². The standard InChI is InChI=1S/C31H46N6O5.C4H4O2.C3H8.CH3NO/c1-23-10-8-11-26(20-23)35-31(41)42-22-24-14-16-25(17-15-24)34-30(40)27(12-9-18-32-2)36-29(39)21-33-28(38)13-6-5-7-19-37(3)4;5-3-1-2-4-6;1-3-2;2-1-3/h8,10-11,14-17,20,27,32H,5-7,9,12-13,18-19,21-22H2,1-4H3,(H,33,38)(H,34,40)(H,35,41)(H,36,39);1-4H;3H2,1-2H3;1H,(H2,2,3)/b;2-1-;;. The number of ether oxygens (including phenoxy) is 1. The van der Waals surface area contributed by atoms with Crippen molar-refractivity contribution in [2.24, 2.45) is 5.73 Å². The van der Waals surface area contributed by atoms with E-state index in [1.807, 2.05) is 46.3 Å². The Morgan fingerprint density at radius 3 is 2.04 bits per heavy atom. The zero-order valence-electron chi connectivity index (χ0n) is 32.7. The molecule has 2 rings (SSSR count). The van der Waals surface area contributed by atoms with Gasteiger partial charge in [-0.25, -0.2) is 4.79 Å². The first-order valence-corrected chi connectivity index (χ1v) is 17.9. The summed E-state index contributed by atoms with van der Waals surface area (Å²) in [5, 5.41) is 13.9. The Balaban J connectivity index is 0. The van der Waals surface area contributed by atoms with Crippen LogP contribution in [-0.2, 0) is 40.1 Å². The van der Waals surface area contributed by atoms with Crippen molar-refractivity contribution < 1.29 is 38.3 Å². The first-order chi connectivity index (χ1) is 25.9. The summed E-state index contributed by atoms with van der Waals surface area (Å²) in [7, 11) is 5.85. The molecule has 5 amide bonds. The largest absolute Gasteiger partial charge is 0.444 e. The van der Waals surface area contributed by atoms with Crippen molar-refractivity contribution in [3.8, 4) is 0 Å². The number of allylic oxidation sites excluding steroid dienone is 2. The van der Waals surface area contributed by atoms with Crippen LogP contribution < -0.4 is 32.3 Å². The Labute approximate surface area is 320 Å². The van der Waals surface area contributed by atoms with Gasteiger partial charge < -0.3 is 36.6 Å². The molecule has 0 aromatic heterocycles. The van der Waals surface area contributed by atoms with E-state index in [1.54, 1.807) is 30.3 Å². The third kappa shape index (κ3) is 30.2.